The van der Waals surface area contributed by atoms with E-state index in [1.54, 1.807) is 41.4 Å². The number of ketones is 1. The van der Waals surface area contributed by atoms with Crippen molar-refractivity contribution in [3.63, 3.8) is 0 Å². The molecule has 1 aromatic heterocycles. The van der Waals surface area contributed by atoms with Crippen LogP contribution in [0.5, 0.6) is 5.75 Å². The van der Waals surface area contributed by atoms with Gasteiger partial charge in [-0.05, 0) is 50.6 Å². The van der Waals surface area contributed by atoms with Crippen molar-refractivity contribution in [1.82, 2.24) is 20.1 Å². The van der Waals surface area contributed by atoms with Gasteiger partial charge >= 0.3 is 6.03 Å². The summed E-state index contributed by atoms with van der Waals surface area (Å²) in [7, 11) is 0. The number of nitrogens with two attached hydrogens (primary N) is 1. The van der Waals surface area contributed by atoms with Crippen LogP contribution in [-0.4, -0.2) is 69.5 Å². The van der Waals surface area contributed by atoms with Gasteiger partial charge in [0, 0.05) is 35.3 Å². The topological polar surface area (TPSA) is 147 Å². The van der Waals surface area contributed by atoms with Crippen LogP contribution in [-0.2, 0) is 9.59 Å². The number of carbonyl (C=O) groups excluding carboxylic acids is 4. The van der Waals surface area contributed by atoms with Crippen LogP contribution in [0.25, 0.3) is 0 Å². The average molecular weight is 623 g/mol. The van der Waals surface area contributed by atoms with Crippen LogP contribution in [0.15, 0.2) is 59.0 Å². The number of nitrogens with zero attached hydrogens (tertiary/aromatic N) is 4. The first-order valence-corrected chi connectivity index (χ1v) is 14.9. The SMILES string of the molecule is CC(C)(C)Oc1cc(C(=O)CC(N)=O)ccc1C1=NC(c2ccc(Cl)cc2)C(c2nccs2)N1C(=O)N1CCNC(=O)C1. The molecule has 13 heteroatoms. The number of nitrogens with one attached hydrogen (secondary N) is 1. The number of rotatable bonds is 7. The van der Waals surface area contributed by atoms with Crippen molar-refractivity contribution >= 4 is 52.4 Å². The highest BCUT2D eigenvalue weighted by Crippen LogP contribution is 2.46. The third-order valence-corrected chi connectivity index (χ3v) is 7.89. The number of Topliss-reactive ketones (excluding diaryl/α,β-unsaturated/α-hetero) is 1. The van der Waals surface area contributed by atoms with Gasteiger partial charge in [-0.1, -0.05) is 29.8 Å². The summed E-state index contributed by atoms with van der Waals surface area (Å²) in [5.41, 5.74) is 6.08. The second kappa shape index (κ2) is 12.1. The Morgan fingerprint density at radius 3 is 2.53 bits per heavy atom. The quantitative estimate of drug-likeness (QED) is 0.299. The van der Waals surface area contributed by atoms with Gasteiger partial charge in [-0.3, -0.25) is 24.3 Å². The molecule has 2 unspecified atom stereocenters. The molecule has 0 aliphatic carbocycles. The fourth-order valence-corrected chi connectivity index (χ4v) is 5.88. The van der Waals surface area contributed by atoms with Gasteiger partial charge in [-0.2, -0.15) is 0 Å². The molecule has 5 rings (SSSR count). The molecule has 2 atom stereocenters. The normalized spacial score (nSPS) is 18.7. The van der Waals surface area contributed by atoms with Gasteiger partial charge in [0.2, 0.25) is 11.8 Å². The van der Waals surface area contributed by atoms with E-state index in [9.17, 15) is 19.2 Å². The van der Waals surface area contributed by atoms with Crippen LogP contribution in [0, 0.1) is 0 Å². The second-order valence-corrected chi connectivity index (χ2v) is 12.5. The van der Waals surface area contributed by atoms with E-state index < -0.39 is 41.8 Å². The fraction of sp³-hybridized carbons (Fsp3) is 0.333. The highest BCUT2D eigenvalue weighted by Gasteiger charge is 2.46. The molecule has 1 saturated heterocycles. The lowest BCUT2D eigenvalue weighted by atomic mass is 10.00. The van der Waals surface area contributed by atoms with E-state index in [4.69, 9.17) is 27.1 Å². The summed E-state index contributed by atoms with van der Waals surface area (Å²) in [5.74, 6) is -0.869. The van der Waals surface area contributed by atoms with E-state index in [2.05, 4.69) is 10.3 Å². The van der Waals surface area contributed by atoms with Crippen molar-refractivity contribution in [3.8, 4) is 5.75 Å². The molecule has 2 aliphatic rings. The Morgan fingerprint density at radius 2 is 1.91 bits per heavy atom. The number of carbonyl (C=O) groups is 4. The highest BCUT2D eigenvalue weighted by molar-refractivity contribution is 7.09. The summed E-state index contributed by atoms with van der Waals surface area (Å²) in [6.45, 7) is 6.10. The molecule has 2 aromatic carbocycles. The third-order valence-electron chi connectivity index (χ3n) is 6.79. The molecule has 224 valence electrons. The van der Waals surface area contributed by atoms with Gasteiger partial charge in [-0.15, -0.1) is 11.3 Å². The smallest absolute Gasteiger partial charge is 0.326 e. The second-order valence-electron chi connectivity index (χ2n) is 11.2. The Labute approximate surface area is 257 Å². The average Bonchev–Trinajstić information content (AvgIpc) is 3.60. The number of benzene rings is 2. The van der Waals surface area contributed by atoms with Gasteiger partial charge < -0.3 is 20.7 Å². The number of thiazole rings is 1. The monoisotopic (exact) mass is 622 g/mol. The van der Waals surface area contributed by atoms with E-state index in [1.807, 2.05) is 38.3 Å². The predicted molar refractivity (Wildman–Crippen MR) is 162 cm³/mol. The van der Waals surface area contributed by atoms with Gasteiger partial charge in [0.1, 0.15) is 40.8 Å². The molecule has 0 bridgehead atoms. The number of amides is 4. The van der Waals surface area contributed by atoms with Gasteiger partial charge in [0.25, 0.3) is 0 Å². The third kappa shape index (κ3) is 6.70. The molecular formula is C30H31ClN6O5S. The summed E-state index contributed by atoms with van der Waals surface area (Å²) in [4.78, 5) is 63.6. The minimum absolute atomic E-state index is 0.106. The molecule has 0 radical (unpaired) electrons. The predicted octanol–water partition coefficient (Wildman–Crippen LogP) is 4.13. The van der Waals surface area contributed by atoms with Crippen LogP contribution in [0.4, 0.5) is 4.79 Å². The molecule has 3 aromatic rings. The lowest BCUT2D eigenvalue weighted by Crippen LogP contribution is -2.55. The summed E-state index contributed by atoms with van der Waals surface area (Å²) in [6.07, 6.45) is 1.21. The maximum atomic E-state index is 14.4. The van der Waals surface area contributed by atoms with Crippen molar-refractivity contribution in [2.75, 3.05) is 19.6 Å². The minimum Gasteiger partial charge on any atom is -0.487 e. The number of amidine groups is 1. The number of primary amides is 1. The van der Waals surface area contributed by atoms with Crippen LogP contribution in [0.1, 0.15) is 65.8 Å². The van der Waals surface area contributed by atoms with Crippen LogP contribution in [0.2, 0.25) is 5.02 Å². The van der Waals surface area contributed by atoms with Crippen molar-refractivity contribution < 1.29 is 23.9 Å². The Balaban J connectivity index is 1.69. The largest absolute Gasteiger partial charge is 0.487 e. The summed E-state index contributed by atoms with van der Waals surface area (Å²) < 4.78 is 6.32. The number of aliphatic imine (C=N–C) groups is 1. The van der Waals surface area contributed by atoms with Crippen molar-refractivity contribution in [2.45, 2.75) is 44.9 Å². The van der Waals surface area contributed by atoms with E-state index in [0.29, 0.717) is 40.3 Å². The first kappa shape index (κ1) is 30.2. The first-order valence-electron chi connectivity index (χ1n) is 13.6. The fourth-order valence-electron chi connectivity index (χ4n) is 5.00. The number of hydrogen-bond acceptors (Lipinski definition) is 8. The number of hydrogen-bond donors (Lipinski definition) is 2. The molecule has 0 saturated carbocycles. The maximum Gasteiger partial charge on any atom is 0.326 e. The van der Waals surface area contributed by atoms with Gasteiger partial charge in [0.05, 0.1) is 12.0 Å². The van der Waals surface area contributed by atoms with Crippen LogP contribution < -0.4 is 15.8 Å². The van der Waals surface area contributed by atoms with Crippen molar-refractivity contribution in [1.29, 1.82) is 0 Å². The first-order chi connectivity index (χ1) is 20.4. The van der Waals surface area contributed by atoms with E-state index >= 15 is 0 Å². The number of aromatic nitrogens is 1. The zero-order valence-corrected chi connectivity index (χ0v) is 25.4. The molecular weight excluding hydrogens is 592 g/mol. The molecule has 2 aliphatic heterocycles. The molecule has 3 heterocycles. The van der Waals surface area contributed by atoms with Crippen molar-refractivity contribution in [2.24, 2.45) is 10.7 Å². The standard InChI is InChI=1S/C30H31ClN6O5S/c1-30(2,3)42-22-14-18(21(38)15-23(32)39)6-9-20(22)27-35-25(17-4-7-19(31)8-5-17)26(28-34-11-13-43-28)37(27)29(41)36-12-10-33-24(40)16-36/h4-9,11,13-14,25-26H,10,12,15-16H2,1-3H3,(H2,32,39)(H,33,40). The van der Waals surface area contributed by atoms with E-state index in [1.165, 1.54) is 16.2 Å². The van der Waals surface area contributed by atoms with E-state index in [0.717, 1.165) is 5.56 Å². The molecule has 11 nitrogen and oxygen atoms in total. The number of halogens is 1. The Kier molecular flexibility index (Phi) is 8.52. The lowest BCUT2D eigenvalue weighted by Gasteiger charge is -2.35. The van der Waals surface area contributed by atoms with Crippen molar-refractivity contribution in [3.05, 3.63) is 80.8 Å². The Hall–Kier alpha value is -4.29. The molecule has 43 heavy (non-hydrogen) atoms. The zero-order valence-electron chi connectivity index (χ0n) is 23.9. The maximum absolute atomic E-state index is 14.4. The summed E-state index contributed by atoms with van der Waals surface area (Å²) in [5, 5.41) is 5.79. The Morgan fingerprint density at radius 1 is 1.16 bits per heavy atom. The number of ether oxygens (including phenoxy) is 1. The summed E-state index contributed by atoms with van der Waals surface area (Å²) >= 11 is 7.59. The highest BCUT2D eigenvalue weighted by atomic mass is 35.5. The van der Waals surface area contributed by atoms with Crippen LogP contribution in [0.3, 0.4) is 0 Å². The van der Waals surface area contributed by atoms with Crippen LogP contribution >= 0.6 is 22.9 Å². The molecule has 3 N–H and O–H groups in total. The van der Waals surface area contributed by atoms with Gasteiger partial charge in [-0.25, -0.2) is 9.78 Å². The Bertz CT molecular complexity index is 1590. The number of urea groups is 1. The minimum atomic E-state index is -0.744. The summed E-state index contributed by atoms with van der Waals surface area (Å²) in [6, 6.07) is 10.4. The number of piperazine rings is 1. The van der Waals surface area contributed by atoms with E-state index in [-0.39, 0.29) is 18.0 Å². The molecule has 0 spiro atoms. The zero-order chi connectivity index (χ0) is 30.9. The molecule has 4 amide bonds. The lowest BCUT2D eigenvalue weighted by molar-refractivity contribution is -0.123. The van der Waals surface area contributed by atoms with Gasteiger partial charge in [0.15, 0.2) is 5.78 Å². The molecule has 1 fully saturated rings.